The largest absolute Gasteiger partial charge is 0.491 e. The lowest BCUT2D eigenvalue weighted by molar-refractivity contribution is 0.309. The summed E-state index contributed by atoms with van der Waals surface area (Å²) in [6, 6.07) is 4.15. The number of hydrogen-bond acceptors (Lipinski definition) is 2. The van der Waals surface area contributed by atoms with E-state index in [1.165, 1.54) is 5.56 Å². The summed E-state index contributed by atoms with van der Waals surface area (Å²) in [6.45, 7) is 4.53. The van der Waals surface area contributed by atoms with Crippen LogP contribution in [0.5, 0.6) is 5.75 Å². The molecule has 0 aliphatic heterocycles. The first-order valence-electron chi connectivity index (χ1n) is 5.94. The maximum absolute atomic E-state index is 5.72. The number of halogens is 2. The van der Waals surface area contributed by atoms with Crippen molar-refractivity contribution in [1.82, 2.24) is 5.32 Å². The first-order valence-corrected chi connectivity index (χ1v) is 7.52. The number of nitrogens with one attached hydrogen (secondary N) is 1. The summed E-state index contributed by atoms with van der Waals surface area (Å²) in [4.78, 5) is 0. The summed E-state index contributed by atoms with van der Waals surface area (Å²) in [6.07, 6.45) is 6.82. The fourth-order valence-electron chi connectivity index (χ4n) is 1.47. The van der Waals surface area contributed by atoms with Gasteiger partial charge in [0.25, 0.3) is 0 Å². The molecule has 0 amide bonds. The molecule has 98 valence electrons. The second-order valence-corrected chi connectivity index (χ2v) is 5.53. The standard InChI is InChI=1S/C14H17Br2NO/c1-3-5-6-7-18-14-12(15)8-11(9-13(14)16)10-17-4-2/h1,8-9,17H,4-7,10H2,2H3. The van der Waals surface area contributed by atoms with E-state index in [2.05, 4.69) is 62.2 Å². The fraction of sp³-hybridized carbons (Fsp3) is 0.429. The van der Waals surface area contributed by atoms with Crippen molar-refractivity contribution in [3.63, 3.8) is 0 Å². The van der Waals surface area contributed by atoms with Gasteiger partial charge in [-0.25, -0.2) is 0 Å². The second kappa shape index (κ2) is 8.58. The van der Waals surface area contributed by atoms with Gasteiger partial charge in [0, 0.05) is 13.0 Å². The molecular formula is C14H17Br2NO. The summed E-state index contributed by atoms with van der Waals surface area (Å²) in [5.41, 5.74) is 1.21. The van der Waals surface area contributed by atoms with E-state index in [-0.39, 0.29) is 0 Å². The molecule has 18 heavy (non-hydrogen) atoms. The predicted octanol–water partition coefficient (Wildman–Crippen LogP) is 4.11. The Morgan fingerprint density at radius 3 is 2.56 bits per heavy atom. The summed E-state index contributed by atoms with van der Waals surface area (Å²) in [7, 11) is 0. The van der Waals surface area contributed by atoms with Crippen molar-refractivity contribution < 1.29 is 4.74 Å². The van der Waals surface area contributed by atoms with Gasteiger partial charge in [0.1, 0.15) is 5.75 Å². The van der Waals surface area contributed by atoms with E-state index in [0.29, 0.717) is 6.61 Å². The third-order valence-electron chi connectivity index (χ3n) is 2.35. The first-order chi connectivity index (χ1) is 8.69. The van der Waals surface area contributed by atoms with Crippen LogP contribution in [0.25, 0.3) is 0 Å². The third-order valence-corrected chi connectivity index (χ3v) is 3.53. The Morgan fingerprint density at radius 1 is 1.33 bits per heavy atom. The Bertz CT molecular complexity index is 403. The zero-order valence-electron chi connectivity index (χ0n) is 10.4. The van der Waals surface area contributed by atoms with Crippen LogP contribution in [-0.4, -0.2) is 13.2 Å². The predicted molar refractivity (Wildman–Crippen MR) is 82.8 cm³/mol. The van der Waals surface area contributed by atoms with Crippen molar-refractivity contribution in [3.05, 3.63) is 26.6 Å². The number of rotatable bonds is 7. The maximum atomic E-state index is 5.72. The summed E-state index contributed by atoms with van der Waals surface area (Å²) >= 11 is 7.07. The highest BCUT2D eigenvalue weighted by Gasteiger charge is 2.08. The molecule has 0 aliphatic rings. The van der Waals surface area contributed by atoms with Gasteiger partial charge in [-0.05, 0) is 62.5 Å². The van der Waals surface area contributed by atoms with Crippen molar-refractivity contribution in [2.45, 2.75) is 26.3 Å². The van der Waals surface area contributed by atoms with Crippen molar-refractivity contribution >= 4 is 31.9 Å². The Morgan fingerprint density at radius 2 is 2.00 bits per heavy atom. The zero-order chi connectivity index (χ0) is 13.4. The van der Waals surface area contributed by atoms with Crippen LogP contribution in [0.4, 0.5) is 0 Å². The average Bonchev–Trinajstić information content (AvgIpc) is 2.34. The molecule has 0 atom stereocenters. The number of unbranched alkanes of at least 4 members (excludes halogenated alkanes) is 1. The molecule has 4 heteroatoms. The average molecular weight is 375 g/mol. The van der Waals surface area contributed by atoms with E-state index in [1.54, 1.807) is 0 Å². The number of benzene rings is 1. The Hall–Kier alpha value is -0.500. The molecule has 0 saturated heterocycles. The van der Waals surface area contributed by atoms with Crippen LogP contribution >= 0.6 is 31.9 Å². The van der Waals surface area contributed by atoms with E-state index >= 15 is 0 Å². The lowest BCUT2D eigenvalue weighted by Gasteiger charge is -2.12. The molecule has 0 saturated carbocycles. The molecule has 0 fully saturated rings. The van der Waals surface area contributed by atoms with Gasteiger partial charge in [0.2, 0.25) is 0 Å². The van der Waals surface area contributed by atoms with Crippen molar-refractivity contribution in [2.24, 2.45) is 0 Å². The molecule has 1 aromatic rings. The van der Waals surface area contributed by atoms with Gasteiger partial charge >= 0.3 is 0 Å². The van der Waals surface area contributed by atoms with E-state index in [1.807, 2.05) is 0 Å². The van der Waals surface area contributed by atoms with Crippen LogP contribution in [0, 0.1) is 12.3 Å². The van der Waals surface area contributed by atoms with Gasteiger partial charge in [0.15, 0.2) is 0 Å². The van der Waals surface area contributed by atoms with E-state index in [0.717, 1.165) is 40.6 Å². The quantitative estimate of drug-likeness (QED) is 0.572. The van der Waals surface area contributed by atoms with Gasteiger partial charge in [-0.3, -0.25) is 0 Å². The molecule has 0 spiro atoms. The summed E-state index contributed by atoms with van der Waals surface area (Å²) in [5, 5.41) is 3.29. The van der Waals surface area contributed by atoms with Crippen LogP contribution in [0.2, 0.25) is 0 Å². The Labute approximate surface area is 126 Å². The van der Waals surface area contributed by atoms with Gasteiger partial charge in [0.05, 0.1) is 15.6 Å². The molecule has 0 unspecified atom stereocenters. The lowest BCUT2D eigenvalue weighted by atomic mass is 10.2. The third kappa shape index (κ3) is 5.01. The molecule has 0 bridgehead atoms. The van der Waals surface area contributed by atoms with Crippen LogP contribution in [0.3, 0.4) is 0 Å². The smallest absolute Gasteiger partial charge is 0.147 e. The minimum Gasteiger partial charge on any atom is -0.491 e. The van der Waals surface area contributed by atoms with Crippen molar-refractivity contribution in [2.75, 3.05) is 13.2 Å². The van der Waals surface area contributed by atoms with Crippen LogP contribution < -0.4 is 10.1 Å². The van der Waals surface area contributed by atoms with Gasteiger partial charge in [-0.1, -0.05) is 6.92 Å². The fourth-order valence-corrected chi connectivity index (χ4v) is 2.98. The van der Waals surface area contributed by atoms with Crippen molar-refractivity contribution in [3.8, 4) is 18.1 Å². The molecule has 2 nitrogen and oxygen atoms in total. The van der Waals surface area contributed by atoms with E-state index in [4.69, 9.17) is 11.2 Å². The molecule has 0 radical (unpaired) electrons. The lowest BCUT2D eigenvalue weighted by Crippen LogP contribution is -2.11. The SMILES string of the molecule is C#CCCCOc1c(Br)cc(CNCC)cc1Br. The Kier molecular flexibility index (Phi) is 7.41. The minimum atomic E-state index is 0.633. The van der Waals surface area contributed by atoms with Crippen LogP contribution in [0.1, 0.15) is 25.3 Å². The molecule has 1 aromatic carbocycles. The highest BCUT2D eigenvalue weighted by molar-refractivity contribution is 9.11. The monoisotopic (exact) mass is 373 g/mol. The highest BCUT2D eigenvalue weighted by atomic mass is 79.9. The van der Waals surface area contributed by atoms with E-state index < -0.39 is 0 Å². The molecule has 0 heterocycles. The number of ether oxygens (including phenoxy) is 1. The van der Waals surface area contributed by atoms with Crippen molar-refractivity contribution in [1.29, 1.82) is 0 Å². The van der Waals surface area contributed by atoms with Crippen LogP contribution in [0.15, 0.2) is 21.1 Å². The summed E-state index contributed by atoms with van der Waals surface area (Å²) < 4.78 is 7.65. The van der Waals surface area contributed by atoms with Crippen LogP contribution in [-0.2, 0) is 6.54 Å². The summed E-state index contributed by atoms with van der Waals surface area (Å²) in [5.74, 6) is 3.44. The molecule has 1 N–H and O–H groups in total. The number of hydrogen-bond donors (Lipinski definition) is 1. The first kappa shape index (κ1) is 15.6. The molecule has 1 rings (SSSR count). The maximum Gasteiger partial charge on any atom is 0.147 e. The van der Waals surface area contributed by atoms with Gasteiger partial charge in [-0.2, -0.15) is 0 Å². The highest BCUT2D eigenvalue weighted by Crippen LogP contribution is 2.34. The normalized spacial score (nSPS) is 10.1. The van der Waals surface area contributed by atoms with Gasteiger partial charge < -0.3 is 10.1 Å². The van der Waals surface area contributed by atoms with E-state index in [9.17, 15) is 0 Å². The molecule has 0 aliphatic carbocycles. The van der Waals surface area contributed by atoms with Gasteiger partial charge in [-0.15, -0.1) is 12.3 Å². The minimum absolute atomic E-state index is 0.633. The topological polar surface area (TPSA) is 21.3 Å². The molecule has 0 aromatic heterocycles. The number of terminal acetylenes is 1. The molecular weight excluding hydrogens is 358 g/mol. The second-order valence-electron chi connectivity index (χ2n) is 3.83. The zero-order valence-corrected chi connectivity index (χ0v) is 13.6. The Balaban J connectivity index is 2.66.